The largest absolute Gasteiger partial charge is 0.310 e. The van der Waals surface area contributed by atoms with Gasteiger partial charge in [0.25, 0.3) is 0 Å². The average molecular weight is 314 g/mol. The summed E-state index contributed by atoms with van der Waals surface area (Å²) in [4.78, 5) is 0. The van der Waals surface area contributed by atoms with Crippen molar-refractivity contribution in [2.24, 2.45) is 7.05 Å². The monoisotopic (exact) mass is 313 g/mol. The van der Waals surface area contributed by atoms with Gasteiger partial charge in [0.05, 0.1) is 16.4 Å². The maximum Gasteiger partial charge on any atom is 0.163 e. The minimum Gasteiger partial charge on any atom is -0.310 e. The van der Waals surface area contributed by atoms with Crippen molar-refractivity contribution in [3.05, 3.63) is 51.8 Å². The van der Waals surface area contributed by atoms with Crippen LogP contribution in [0.2, 0.25) is 5.02 Å². The van der Waals surface area contributed by atoms with Crippen LogP contribution in [0.25, 0.3) is 0 Å². The Labute approximate surface area is 127 Å². The zero-order valence-corrected chi connectivity index (χ0v) is 13.0. The van der Waals surface area contributed by atoms with Crippen molar-refractivity contribution >= 4 is 11.6 Å². The Balaban J connectivity index is 2.38. The molecule has 1 atom stereocenters. The fourth-order valence-corrected chi connectivity index (χ4v) is 2.66. The number of halogens is 3. The van der Waals surface area contributed by atoms with Gasteiger partial charge in [-0.15, -0.1) is 0 Å². The molecule has 0 aliphatic rings. The molecule has 0 fully saturated rings. The van der Waals surface area contributed by atoms with Crippen LogP contribution in [0.15, 0.2) is 18.2 Å². The molecule has 2 rings (SSSR count). The van der Waals surface area contributed by atoms with Crippen molar-refractivity contribution in [1.82, 2.24) is 15.1 Å². The summed E-state index contributed by atoms with van der Waals surface area (Å²) in [5.41, 5.74) is 1.82. The fourth-order valence-electron chi connectivity index (χ4n) is 2.42. The van der Waals surface area contributed by atoms with Gasteiger partial charge in [-0.2, -0.15) is 5.10 Å². The smallest absolute Gasteiger partial charge is 0.163 e. The van der Waals surface area contributed by atoms with Crippen molar-refractivity contribution in [2.75, 3.05) is 6.54 Å². The van der Waals surface area contributed by atoms with Crippen molar-refractivity contribution in [1.29, 1.82) is 0 Å². The zero-order chi connectivity index (χ0) is 15.6. The topological polar surface area (TPSA) is 29.9 Å². The maximum atomic E-state index is 14.0. The Hall–Kier alpha value is -1.46. The van der Waals surface area contributed by atoms with Gasteiger partial charge in [-0.05, 0) is 19.5 Å². The van der Waals surface area contributed by atoms with Crippen LogP contribution in [-0.2, 0) is 13.5 Å². The lowest BCUT2D eigenvalue weighted by atomic mass is 10.0. The first kappa shape index (κ1) is 15.9. The van der Waals surface area contributed by atoms with Gasteiger partial charge < -0.3 is 5.32 Å². The number of nitrogens with one attached hydrogen (secondary N) is 1. The number of aryl methyl sites for hydroxylation is 2. The highest BCUT2D eigenvalue weighted by Gasteiger charge is 2.21. The second-order valence-corrected chi connectivity index (χ2v) is 5.31. The minimum absolute atomic E-state index is 0.298. The normalized spacial score (nSPS) is 12.7. The van der Waals surface area contributed by atoms with E-state index >= 15 is 0 Å². The van der Waals surface area contributed by atoms with Crippen molar-refractivity contribution in [2.45, 2.75) is 26.3 Å². The van der Waals surface area contributed by atoms with Crippen molar-refractivity contribution in [3.63, 3.8) is 0 Å². The van der Waals surface area contributed by atoms with Gasteiger partial charge in [-0.1, -0.05) is 30.7 Å². The maximum absolute atomic E-state index is 14.0. The van der Waals surface area contributed by atoms with E-state index < -0.39 is 11.6 Å². The Morgan fingerprint density at radius 2 is 2.10 bits per heavy atom. The molecule has 21 heavy (non-hydrogen) atoms. The van der Waals surface area contributed by atoms with Crippen LogP contribution in [0, 0.1) is 18.6 Å². The molecule has 1 aromatic carbocycles. The second-order valence-electron chi connectivity index (χ2n) is 4.93. The predicted molar refractivity (Wildman–Crippen MR) is 79.4 cm³/mol. The Morgan fingerprint density at radius 3 is 2.67 bits per heavy atom. The van der Waals surface area contributed by atoms with Crippen LogP contribution in [0.3, 0.4) is 0 Å². The lowest BCUT2D eigenvalue weighted by molar-refractivity contribution is 0.459. The molecule has 0 radical (unpaired) electrons. The summed E-state index contributed by atoms with van der Waals surface area (Å²) in [6, 6.07) is 3.85. The third-order valence-corrected chi connectivity index (χ3v) is 3.96. The molecule has 0 spiro atoms. The second kappa shape index (κ2) is 6.54. The lowest BCUT2D eigenvalue weighted by Crippen LogP contribution is -2.25. The van der Waals surface area contributed by atoms with E-state index in [9.17, 15) is 8.78 Å². The molecule has 1 N–H and O–H groups in total. The van der Waals surface area contributed by atoms with Gasteiger partial charge in [0.2, 0.25) is 0 Å². The number of benzene rings is 1. The number of rotatable bonds is 5. The summed E-state index contributed by atoms with van der Waals surface area (Å²) in [5, 5.41) is 7.99. The number of hydrogen-bond donors (Lipinski definition) is 1. The molecule has 0 amide bonds. The molecule has 6 heteroatoms. The number of likely N-dealkylation sites (N-methyl/N-ethyl adjacent to an activating group) is 1. The highest BCUT2D eigenvalue weighted by molar-refractivity contribution is 6.31. The van der Waals surface area contributed by atoms with E-state index in [2.05, 4.69) is 10.4 Å². The van der Waals surface area contributed by atoms with E-state index in [-0.39, 0.29) is 6.04 Å². The first-order valence-corrected chi connectivity index (χ1v) is 7.18. The van der Waals surface area contributed by atoms with E-state index in [1.807, 2.05) is 13.8 Å². The lowest BCUT2D eigenvalue weighted by Gasteiger charge is -2.19. The van der Waals surface area contributed by atoms with E-state index in [4.69, 9.17) is 11.6 Å². The molecule has 0 aliphatic carbocycles. The van der Waals surface area contributed by atoms with E-state index in [1.165, 1.54) is 6.07 Å². The molecule has 1 heterocycles. The minimum atomic E-state index is -0.845. The summed E-state index contributed by atoms with van der Waals surface area (Å²) in [7, 11) is 1.79. The van der Waals surface area contributed by atoms with Crippen molar-refractivity contribution in [3.8, 4) is 0 Å². The summed E-state index contributed by atoms with van der Waals surface area (Å²) in [5.74, 6) is -1.67. The molecule has 2 aromatic rings. The first-order valence-electron chi connectivity index (χ1n) is 6.81. The molecule has 0 saturated heterocycles. The number of hydrogen-bond acceptors (Lipinski definition) is 2. The van der Waals surface area contributed by atoms with Crippen LogP contribution in [0.4, 0.5) is 8.78 Å². The molecule has 114 valence electrons. The summed E-state index contributed by atoms with van der Waals surface area (Å²) in [6.07, 6.45) is 0.435. The van der Waals surface area contributed by atoms with Crippen LogP contribution >= 0.6 is 11.6 Å². The number of nitrogens with zero attached hydrogens (tertiary/aromatic N) is 2. The van der Waals surface area contributed by atoms with Gasteiger partial charge in [-0.3, -0.25) is 4.68 Å². The average Bonchev–Trinajstić information content (AvgIpc) is 2.68. The van der Waals surface area contributed by atoms with Gasteiger partial charge in [0, 0.05) is 25.1 Å². The first-order chi connectivity index (χ1) is 9.95. The van der Waals surface area contributed by atoms with Crippen LogP contribution in [-0.4, -0.2) is 16.3 Å². The summed E-state index contributed by atoms with van der Waals surface area (Å²) in [6.45, 7) is 4.37. The highest BCUT2D eigenvalue weighted by Crippen LogP contribution is 2.27. The van der Waals surface area contributed by atoms with Gasteiger partial charge in [0.15, 0.2) is 11.6 Å². The molecule has 1 unspecified atom stereocenters. The zero-order valence-electron chi connectivity index (χ0n) is 12.3. The molecule has 3 nitrogen and oxygen atoms in total. The Morgan fingerprint density at radius 1 is 1.38 bits per heavy atom. The summed E-state index contributed by atoms with van der Waals surface area (Å²) < 4.78 is 29.1. The SMILES string of the molecule is CCNC(Cc1c(Cl)c(C)nn1C)c1cccc(F)c1F. The van der Waals surface area contributed by atoms with Gasteiger partial charge >= 0.3 is 0 Å². The molecular formula is C15H18ClF2N3. The molecule has 0 bridgehead atoms. The van der Waals surface area contributed by atoms with E-state index in [1.54, 1.807) is 17.8 Å². The molecule has 1 aromatic heterocycles. The summed E-state index contributed by atoms with van der Waals surface area (Å²) >= 11 is 6.24. The van der Waals surface area contributed by atoms with Gasteiger partial charge in [0.1, 0.15) is 0 Å². The van der Waals surface area contributed by atoms with Gasteiger partial charge in [-0.25, -0.2) is 8.78 Å². The Bertz CT molecular complexity index is 640. The van der Waals surface area contributed by atoms with Crippen LogP contribution in [0.5, 0.6) is 0 Å². The number of aromatic nitrogens is 2. The molecule has 0 aliphatic heterocycles. The fraction of sp³-hybridized carbons (Fsp3) is 0.400. The predicted octanol–water partition coefficient (Wildman–Crippen LogP) is 3.55. The third kappa shape index (κ3) is 3.24. The standard InChI is InChI=1S/C15H18ClF2N3/c1-4-19-12(10-6-5-7-11(17)15(10)18)8-13-14(16)9(2)20-21(13)3/h5-7,12,19H,4,8H2,1-3H3. The van der Waals surface area contributed by atoms with Crippen LogP contribution in [0.1, 0.15) is 29.9 Å². The quantitative estimate of drug-likeness (QED) is 0.915. The van der Waals surface area contributed by atoms with Crippen molar-refractivity contribution < 1.29 is 8.78 Å². The third-order valence-electron chi connectivity index (χ3n) is 3.47. The molecule has 0 saturated carbocycles. The van der Waals surface area contributed by atoms with Crippen LogP contribution < -0.4 is 5.32 Å². The van der Waals surface area contributed by atoms with E-state index in [0.717, 1.165) is 17.5 Å². The highest BCUT2D eigenvalue weighted by atomic mass is 35.5. The Kier molecular flexibility index (Phi) is 4.96. The molecular weight excluding hydrogens is 296 g/mol. The van der Waals surface area contributed by atoms with E-state index in [0.29, 0.717) is 23.6 Å².